The zero-order valence-corrected chi connectivity index (χ0v) is 18.7. The van der Waals surface area contributed by atoms with Crippen LogP contribution in [-0.2, 0) is 27.3 Å². The number of hydrogen-bond donors (Lipinski definition) is 1. The molecule has 0 saturated heterocycles. The Kier molecular flexibility index (Phi) is 7.66. The quantitative estimate of drug-likeness (QED) is 0.500. The summed E-state index contributed by atoms with van der Waals surface area (Å²) in [5, 5.41) is 2.68. The predicted octanol–water partition coefficient (Wildman–Crippen LogP) is 5.53. The molecule has 32 heavy (non-hydrogen) atoms. The van der Waals surface area contributed by atoms with Gasteiger partial charge in [-0.15, -0.1) is 0 Å². The number of benzene rings is 3. The van der Waals surface area contributed by atoms with Crippen molar-refractivity contribution in [2.45, 2.75) is 45.4 Å². The molecule has 1 amide bonds. The standard InChI is InChI=1S/C27H29NO4/c1-27(2,3)32-26(30)28-24(25(29)31-19-20-11-6-4-7-12-20)18-21-13-10-16-23(17-21)22-14-8-5-9-15-22/h4-17,24H,18-19H2,1-3H3,(H,28,30)/t24-/m1/s1. The topological polar surface area (TPSA) is 64.6 Å². The summed E-state index contributed by atoms with van der Waals surface area (Å²) in [7, 11) is 0. The van der Waals surface area contributed by atoms with Crippen LogP contribution < -0.4 is 5.32 Å². The van der Waals surface area contributed by atoms with Crippen molar-refractivity contribution < 1.29 is 19.1 Å². The fourth-order valence-corrected chi connectivity index (χ4v) is 3.22. The van der Waals surface area contributed by atoms with Crippen molar-refractivity contribution >= 4 is 12.1 Å². The van der Waals surface area contributed by atoms with E-state index >= 15 is 0 Å². The van der Waals surface area contributed by atoms with Gasteiger partial charge in [-0.3, -0.25) is 0 Å². The second-order valence-electron chi connectivity index (χ2n) is 8.56. The van der Waals surface area contributed by atoms with E-state index in [1.54, 1.807) is 20.8 Å². The molecule has 1 atom stereocenters. The number of carbonyl (C=O) groups is 2. The average Bonchev–Trinajstić information content (AvgIpc) is 2.77. The van der Waals surface area contributed by atoms with Crippen molar-refractivity contribution in [1.29, 1.82) is 0 Å². The smallest absolute Gasteiger partial charge is 0.408 e. The molecule has 0 unspecified atom stereocenters. The molecule has 5 nitrogen and oxygen atoms in total. The molecule has 0 heterocycles. The third-order valence-electron chi connectivity index (χ3n) is 4.67. The van der Waals surface area contributed by atoms with E-state index in [1.807, 2.05) is 84.9 Å². The molecule has 3 aromatic rings. The van der Waals surface area contributed by atoms with Crippen molar-refractivity contribution in [2.75, 3.05) is 0 Å². The van der Waals surface area contributed by atoms with Crippen LogP contribution in [-0.4, -0.2) is 23.7 Å². The first-order valence-corrected chi connectivity index (χ1v) is 10.6. The van der Waals surface area contributed by atoms with Gasteiger partial charge in [0.25, 0.3) is 0 Å². The molecule has 5 heteroatoms. The third kappa shape index (κ3) is 7.27. The van der Waals surface area contributed by atoms with Crippen LogP contribution in [0.1, 0.15) is 31.9 Å². The van der Waals surface area contributed by atoms with E-state index in [4.69, 9.17) is 9.47 Å². The van der Waals surface area contributed by atoms with Crippen molar-refractivity contribution in [1.82, 2.24) is 5.32 Å². The summed E-state index contributed by atoms with van der Waals surface area (Å²) < 4.78 is 10.9. The summed E-state index contributed by atoms with van der Waals surface area (Å²) >= 11 is 0. The zero-order chi connectivity index (χ0) is 23.0. The number of esters is 1. The minimum atomic E-state index is -0.875. The Morgan fingerprint density at radius 3 is 2.06 bits per heavy atom. The van der Waals surface area contributed by atoms with Gasteiger partial charge in [-0.25, -0.2) is 9.59 Å². The van der Waals surface area contributed by atoms with E-state index in [-0.39, 0.29) is 13.0 Å². The number of ether oxygens (including phenoxy) is 2. The Labute approximate surface area is 189 Å². The summed E-state index contributed by atoms with van der Waals surface area (Å²) in [6.07, 6.45) is -0.369. The summed E-state index contributed by atoms with van der Waals surface area (Å²) in [6.45, 7) is 5.46. The summed E-state index contributed by atoms with van der Waals surface area (Å²) in [5.74, 6) is -0.509. The van der Waals surface area contributed by atoms with Gasteiger partial charge < -0.3 is 14.8 Å². The van der Waals surface area contributed by atoms with Crippen molar-refractivity contribution in [3.63, 3.8) is 0 Å². The first-order valence-electron chi connectivity index (χ1n) is 10.6. The summed E-state index contributed by atoms with van der Waals surface area (Å²) in [5.41, 5.74) is 3.23. The molecule has 0 saturated carbocycles. The van der Waals surface area contributed by atoms with E-state index < -0.39 is 23.7 Å². The Bertz CT molecular complexity index is 1030. The minimum Gasteiger partial charge on any atom is -0.459 e. The fraction of sp³-hybridized carbons (Fsp3) is 0.259. The van der Waals surface area contributed by atoms with Crippen molar-refractivity contribution in [2.24, 2.45) is 0 Å². The number of amides is 1. The van der Waals surface area contributed by atoms with Gasteiger partial charge in [-0.2, -0.15) is 0 Å². The van der Waals surface area contributed by atoms with Crippen LogP contribution in [0.4, 0.5) is 4.79 Å². The fourth-order valence-electron chi connectivity index (χ4n) is 3.22. The van der Waals surface area contributed by atoms with Gasteiger partial charge >= 0.3 is 12.1 Å². The molecule has 1 N–H and O–H groups in total. The lowest BCUT2D eigenvalue weighted by molar-refractivity contribution is -0.147. The van der Waals surface area contributed by atoms with Crippen molar-refractivity contribution in [3.8, 4) is 11.1 Å². The van der Waals surface area contributed by atoms with Gasteiger partial charge in [0.05, 0.1) is 0 Å². The Hall–Kier alpha value is -3.60. The van der Waals surface area contributed by atoms with Crippen molar-refractivity contribution in [3.05, 3.63) is 96.1 Å². The molecule has 3 aromatic carbocycles. The normalized spacial score (nSPS) is 12.0. The lowest BCUT2D eigenvalue weighted by atomic mass is 9.99. The van der Waals surface area contributed by atoms with E-state index in [9.17, 15) is 9.59 Å². The first kappa shape index (κ1) is 23.1. The largest absolute Gasteiger partial charge is 0.459 e. The molecule has 0 spiro atoms. The van der Waals surface area contributed by atoms with Gasteiger partial charge in [-0.05, 0) is 43.0 Å². The Morgan fingerprint density at radius 2 is 1.41 bits per heavy atom. The maximum absolute atomic E-state index is 12.9. The van der Waals surface area contributed by atoms with Crippen LogP contribution in [0.3, 0.4) is 0 Å². The van der Waals surface area contributed by atoms with Gasteiger partial charge in [0.15, 0.2) is 0 Å². The molecule has 0 aliphatic carbocycles. The maximum atomic E-state index is 12.9. The highest BCUT2D eigenvalue weighted by molar-refractivity contribution is 5.82. The molecule has 0 fully saturated rings. The van der Waals surface area contributed by atoms with Gasteiger partial charge in [0.2, 0.25) is 0 Å². The number of nitrogens with one attached hydrogen (secondary N) is 1. The zero-order valence-electron chi connectivity index (χ0n) is 18.7. The van der Waals surface area contributed by atoms with Gasteiger partial charge in [-0.1, -0.05) is 84.9 Å². The van der Waals surface area contributed by atoms with Crippen LogP contribution in [0.25, 0.3) is 11.1 Å². The first-order chi connectivity index (χ1) is 15.3. The highest BCUT2D eigenvalue weighted by Gasteiger charge is 2.26. The SMILES string of the molecule is CC(C)(C)OC(=O)N[C@H](Cc1cccc(-c2ccccc2)c1)C(=O)OCc1ccccc1. The Balaban J connectivity index is 1.75. The summed E-state index contributed by atoms with van der Waals surface area (Å²) in [4.78, 5) is 25.3. The number of rotatable bonds is 7. The monoisotopic (exact) mass is 431 g/mol. The van der Waals surface area contributed by atoms with Crippen LogP contribution >= 0.6 is 0 Å². The molecule has 166 valence electrons. The van der Waals surface area contributed by atoms with Gasteiger partial charge in [0, 0.05) is 6.42 Å². The third-order valence-corrected chi connectivity index (χ3v) is 4.67. The number of carbonyl (C=O) groups excluding carboxylic acids is 2. The minimum absolute atomic E-state index is 0.135. The van der Waals surface area contributed by atoms with Crippen LogP contribution in [0, 0.1) is 0 Å². The molecular weight excluding hydrogens is 402 g/mol. The molecule has 3 rings (SSSR count). The average molecular weight is 432 g/mol. The number of hydrogen-bond acceptors (Lipinski definition) is 4. The second-order valence-corrected chi connectivity index (χ2v) is 8.56. The number of alkyl carbamates (subject to hydrolysis) is 1. The molecule has 0 radical (unpaired) electrons. The van der Waals surface area contributed by atoms with Gasteiger partial charge in [0.1, 0.15) is 18.2 Å². The molecule has 0 aliphatic heterocycles. The Morgan fingerprint density at radius 1 is 0.812 bits per heavy atom. The molecule has 0 aromatic heterocycles. The van der Waals surface area contributed by atoms with E-state index in [0.29, 0.717) is 0 Å². The highest BCUT2D eigenvalue weighted by atomic mass is 16.6. The second kappa shape index (κ2) is 10.6. The van der Waals surface area contributed by atoms with E-state index in [1.165, 1.54) is 0 Å². The molecule has 0 aliphatic rings. The lowest BCUT2D eigenvalue weighted by Gasteiger charge is -2.23. The van der Waals surface area contributed by atoms with E-state index in [2.05, 4.69) is 5.32 Å². The van der Waals surface area contributed by atoms with Crippen LogP contribution in [0.2, 0.25) is 0 Å². The predicted molar refractivity (Wildman–Crippen MR) is 125 cm³/mol. The molecular formula is C27H29NO4. The van der Waals surface area contributed by atoms with Crippen LogP contribution in [0.15, 0.2) is 84.9 Å². The van der Waals surface area contributed by atoms with E-state index in [0.717, 1.165) is 22.3 Å². The maximum Gasteiger partial charge on any atom is 0.408 e. The highest BCUT2D eigenvalue weighted by Crippen LogP contribution is 2.21. The lowest BCUT2D eigenvalue weighted by Crippen LogP contribution is -2.45. The molecule has 0 bridgehead atoms. The van der Waals surface area contributed by atoms with Crippen LogP contribution in [0.5, 0.6) is 0 Å². The summed E-state index contributed by atoms with van der Waals surface area (Å²) in [6, 6.07) is 26.5.